The van der Waals surface area contributed by atoms with Gasteiger partial charge >= 0.3 is 12.1 Å². The molecule has 0 saturated heterocycles. The molecule has 180 valence electrons. The number of ether oxygens (including phenoxy) is 2. The zero-order chi connectivity index (χ0) is 24.4. The second kappa shape index (κ2) is 12.4. The number of alkyl halides is 3. The van der Waals surface area contributed by atoms with Crippen LogP contribution < -0.4 is 0 Å². The van der Waals surface area contributed by atoms with E-state index in [-0.39, 0.29) is 12.0 Å². The van der Waals surface area contributed by atoms with Crippen LogP contribution in [0.25, 0.3) is 22.3 Å². The first-order valence-corrected chi connectivity index (χ1v) is 11.5. The second-order valence-corrected chi connectivity index (χ2v) is 7.97. The molecule has 0 radical (unpaired) electrons. The minimum absolute atomic E-state index is 0.112. The summed E-state index contributed by atoms with van der Waals surface area (Å²) < 4.78 is 50.9. The van der Waals surface area contributed by atoms with Gasteiger partial charge in [-0.3, -0.25) is 0 Å². The van der Waals surface area contributed by atoms with Gasteiger partial charge in [-0.25, -0.2) is 4.79 Å². The molecule has 0 saturated carbocycles. The van der Waals surface area contributed by atoms with Crippen molar-refractivity contribution < 1.29 is 27.4 Å². The predicted octanol–water partition coefficient (Wildman–Crippen LogP) is 7.71. The second-order valence-electron chi connectivity index (χ2n) is 7.97. The summed E-state index contributed by atoms with van der Waals surface area (Å²) >= 11 is 0. The third-order valence-corrected chi connectivity index (χ3v) is 5.52. The number of benzene rings is 3. The molecular weight excluding hydrogens is 441 g/mol. The summed E-state index contributed by atoms with van der Waals surface area (Å²) in [5.41, 5.74) is 3.43. The molecule has 0 fully saturated rings. The van der Waals surface area contributed by atoms with Crippen LogP contribution in [0.3, 0.4) is 0 Å². The van der Waals surface area contributed by atoms with Gasteiger partial charge in [-0.15, -0.1) is 0 Å². The number of carbonyl (C=O) groups is 1. The molecule has 0 aromatic heterocycles. The Morgan fingerprint density at radius 2 is 1.41 bits per heavy atom. The van der Waals surface area contributed by atoms with Crippen LogP contribution in [-0.2, 0) is 9.47 Å². The Morgan fingerprint density at radius 1 is 0.794 bits per heavy atom. The number of esters is 1. The first-order chi connectivity index (χ1) is 16.4. The van der Waals surface area contributed by atoms with Gasteiger partial charge in [0.2, 0.25) is 0 Å². The quantitative estimate of drug-likeness (QED) is 0.213. The molecule has 0 spiro atoms. The van der Waals surface area contributed by atoms with Crippen molar-refractivity contribution in [2.75, 3.05) is 13.2 Å². The maximum Gasteiger partial charge on any atom is 0.425 e. The maximum atomic E-state index is 13.6. The summed E-state index contributed by atoms with van der Waals surface area (Å²) in [6, 6.07) is 24.0. The van der Waals surface area contributed by atoms with Crippen LogP contribution >= 0.6 is 0 Å². The summed E-state index contributed by atoms with van der Waals surface area (Å²) in [5.74, 6) is -0.973. The Labute approximate surface area is 198 Å². The third-order valence-electron chi connectivity index (χ3n) is 5.52. The Hall–Kier alpha value is -3.12. The molecule has 0 aliphatic heterocycles. The van der Waals surface area contributed by atoms with E-state index in [1.807, 2.05) is 61.5 Å². The molecule has 3 rings (SSSR count). The molecule has 3 nitrogen and oxygen atoms in total. The van der Waals surface area contributed by atoms with Gasteiger partial charge in [0, 0.05) is 13.2 Å². The van der Waals surface area contributed by atoms with Crippen LogP contribution in [-0.4, -0.2) is 31.5 Å². The number of hydrogen-bond acceptors (Lipinski definition) is 3. The highest BCUT2D eigenvalue weighted by molar-refractivity contribution is 5.97. The van der Waals surface area contributed by atoms with Crippen molar-refractivity contribution in [1.82, 2.24) is 0 Å². The smallest absolute Gasteiger partial charge is 0.425 e. The van der Waals surface area contributed by atoms with Gasteiger partial charge in [0.15, 0.2) is 6.10 Å². The van der Waals surface area contributed by atoms with Crippen LogP contribution in [0.2, 0.25) is 0 Å². The largest absolute Gasteiger partial charge is 0.449 e. The maximum absolute atomic E-state index is 13.6. The fraction of sp³-hybridized carbons (Fsp3) is 0.321. The Kier molecular flexibility index (Phi) is 9.28. The molecule has 0 N–H and O–H groups in total. The fourth-order valence-corrected chi connectivity index (χ4v) is 3.72. The average molecular weight is 471 g/mol. The lowest BCUT2D eigenvalue weighted by molar-refractivity contribution is -0.206. The topological polar surface area (TPSA) is 35.5 Å². The highest BCUT2D eigenvalue weighted by Crippen LogP contribution is 2.31. The van der Waals surface area contributed by atoms with E-state index in [0.29, 0.717) is 38.0 Å². The van der Waals surface area contributed by atoms with Crippen LogP contribution in [0, 0.1) is 0 Å². The van der Waals surface area contributed by atoms with E-state index in [1.54, 1.807) is 18.2 Å². The lowest BCUT2D eigenvalue weighted by Crippen LogP contribution is -2.34. The standard InChI is InChI=1S/C28H29F3O3/c1-2-33-20-10-4-7-15-26(28(29,30)31)34-27(32)25-14-9-8-13-24(25)23-18-16-22(17-19-23)21-11-5-3-6-12-21/h3,5-6,8-9,11-14,16-19,26H,2,4,7,10,15,20H2,1H3. The van der Waals surface area contributed by atoms with Crippen molar-refractivity contribution in [3.05, 3.63) is 84.4 Å². The van der Waals surface area contributed by atoms with Crippen LogP contribution in [0.4, 0.5) is 13.2 Å². The molecule has 0 aliphatic rings. The first kappa shape index (κ1) is 25.5. The van der Waals surface area contributed by atoms with Gasteiger partial charge in [-0.2, -0.15) is 13.2 Å². The Balaban J connectivity index is 1.72. The van der Waals surface area contributed by atoms with E-state index in [2.05, 4.69) is 0 Å². The Morgan fingerprint density at radius 3 is 2.09 bits per heavy atom. The van der Waals surface area contributed by atoms with Gasteiger partial charge in [0.05, 0.1) is 5.56 Å². The van der Waals surface area contributed by atoms with E-state index in [4.69, 9.17) is 9.47 Å². The minimum atomic E-state index is -4.62. The molecule has 34 heavy (non-hydrogen) atoms. The van der Waals surface area contributed by atoms with Crippen molar-refractivity contribution in [3.63, 3.8) is 0 Å². The molecule has 0 heterocycles. The molecule has 0 amide bonds. The predicted molar refractivity (Wildman–Crippen MR) is 128 cm³/mol. The van der Waals surface area contributed by atoms with Gasteiger partial charge in [0.1, 0.15) is 0 Å². The third kappa shape index (κ3) is 7.19. The molecule has 1 atom stereocenters. The number of halogens is 3. The van der Waals surface area contributed by atoms with Crippen LogP contribution in [0.5, 0.6) is 0 Å². The van der Waals surface area contributed by atoms with Gasteiger partial charge in [-0.05, 0) is 54.5 Å². The van der Waals surface area contributed by atoms with E-state index >= 15 is 0 Å². The van der Waals surface area contributed by atoms with Crippen molar-refractivity contribution in [3.8, 4) is 22.3 Å². The number of hydrogen-bond donors (Lipinski definition) is 0. The van der Waals surface area contributed by atoms with Crippen molar-refractivity contribution in [1.29, 1.82) is 0 Å². The normalized spacial score (nSPS) is 12.4. The van der Waals surface area contributed by atoms with Crippen molar-refractivity contribution >= 4 is 5.97 Å². The average Bonchev–Trinajstić information content (AvgIpc) is 2.85. The zero-order valence-electron chi connectivity index (χ0n) is 19.2. The highest BCUT2D eigenvalue weighted by atomic mass is 19.4. The lowest BCUT2D eigenvalue weighted by Gasteiger charge is -2.21. The number of unbranched alkanes of at least 4 members (excludes halogenated alkanes) is 2. The van der Waals surface area contributed by atoms with E-state index < -0.39 is 18.2 Å². The van der Waals surface area contributed by atoms with Crippen molar-refractivity contribution in [2.24, 2.45) is 0 Å². The monoisotopic (exact) mass is 470 g/mol. The molecule has 6 heteroatoms. The fourth-order valence-electron chi connectivity index (χ4n) is 3.72. The first-order valence-electron chi connectivity index (χ1n) is 11.5. The molecule has 3 aromatic carbocycles. The highest BCUT2D eigenvalue weighted by Gasteiger charge is 2.42. The lowest BCUT2D eigenvalue weighted by atomic mass is 9.97. The van der Waals surface area contributed by atoms with Crippen LogP contribution in [0.15, 0.2) is 78.9 Å². The zero-order valence-corrected chi connectivity index (χ0v) is 19.2. The van der Waals surface area contributed by atoms with Gasteiger partial charge < -0.3 is 9.47 Å². The minimum Gasteiger partial charge on any atom is -0.449 e. The summed E-state index contributed by atoms with van der Waals surface area (Å²) in [7, 11) is 0. The summed E-state index contributed by atoms with van der Waals surface area (Å²) in [4.78, 5) is 12.8. The van der Waals surface area contributed by atoms with Gasteiger partial charge in [-0.1, -0.05) is 79.2 Å². The number of carbonyl (C=O) groups excluding carboxylic acids is 1. The molecule has 1 unspecified atom stereocenters. The molecular formula is C28H29F3O3. The summed E-state index contributed by atoms with van der Waals surface area (Å²) in [5, 5.41) is 0. The molecule has 0 aliphatic carbocycles. The van der Waals surface area contributed by atoms with E-state index in [1.165, 1.54) is 6.07 Å². The van der Waals surface area contributed by atoms with Crippen molar-refractivity contribution in [2.45, 2.75) is 44.9 Å². The van der Waals surface area contributed by atoms with E-state index in [0.717, 1.165) is 16.7 Å². The number of rotatable bonds is 11. The molecule has 3 aromatic rings. The van der Waals surface area contributed by atoms with E-state index in [9.17, 15) is 18.0 Å². The SMILES string of the molecule is CCOCCCCCC(OC(=O)c1ccccc1-c1ccc(-c2ccccc2)cc1)C(F)(F)F. The van der Waals surface area contributed by atoms with Crippen LogP contribution in [0.1, 0.15) is 43.0 Å². The summed E-state index contributed by atoms with van der Waals surface area (Å²) in [6.45, 7) is 2.97. The Bertz CT molecular complexity index is 1030. The molecule has 0 bridgehead atoms. The summed E-state index contributed by atoms with van der Waals surface area (Å²) in [6.07, 6.45) is -5.48. The van der Waals surface area contributed by atoms with Gasteiger partial charge in [0.25, 0.3) is 0 Å².